The Balaban J connectivity index is 1.74. The lowest BCUT2D eigenvalue weighted by Gasteiger charge is -2.23. The molecule has 2 aromatic heterocycles. The highest BCUT2D eigenvalue weighted by molar-refractivity contribution is 5.77. The summed E-state index contributed by atoms with van der Waals surface area (Å²) in [6.45, 7) is -0.296. The van der Waals surface area contributed by atoms with Crippen LogP contribution in [0, 0.1) is 0 Å². The van der Waals surface area contributed by atoms with Gasteiger partial charge in [-0.15, -0.1) is 0 Å². The van der Waals surface area contributed by atoms with Crippen molar-refractivity contribution >= 4 is 5.69 Å². The van der Waals surface area contributed by atoms with Crippen molar-refractivity contribution in [3.05, 3.63) is 89.1 Å². The third-order valence-corrected chi connectivity index (χ3v) is 5.37. The van der Waals surface area contributed by atoms with Crippen molar-refractivity contribution < 1.29 is 13.9 Å². The van der Waals surface area contributed by atoms with E-state index in [1.807, 2.05) is 55.7 Å². The summed E-state index contributed by atoms with van der Waals surface area (Å²) in [4.78, 5) is 15.1. The van der Waals surface area contributed by atoms with E-state index in [1.165, 1.54) is 0 Å². The molecule has 4 aromatic rings. The number of alkyl halides is 1. The molecule has 0 atom stereocenters. The van der Waals surface area contributed by atoms with E-state index in [4.69, 9.17) is 9.47 Å². The van der Waals surface area contributed by atoms with Crippen molar-refractivity contribution in [1.29, 1.82) is 0 Å². The van der Waals surface area contributed by atoms with E-state index in [-0.39, 0.29) is 5.56 Å². The first-order valence-corrected chi connectivity index (χ1v) is 10.4. The van der Waals surface area contributed by atoms with E-state index in [9.17, 15) is 9.18 Å². The summed E-state index contributed by atoms with van der Waals surface area (Å²) >= 11 is 0. The predicted molar refractivity (Wildman–Crippen MR) is 126 cm³/mol. The Labute approximate surface area is 191 Å². The summed E-state index contributed by atoms with van der Waals surface area (Å²) in [6, 6.07) is 16.2. The first-order chi connectivity index (χ1) is 16.0. The average Bonchev–Trinajstić information content (AvgIpc) is 3.26. The molecule has 0 amide bonds. The van der Waals surface area contributed by atoms with Crippen molar-refractivity contribution in [3.63, 3.8) is 0 Å². The molecule has 8 heteroatoms. The van der Waals surface area contributed by atoms with E-state index < -0.39 is 6.86 Å². The topological polar surface area (TPSA) is 61.5 Å². The lowest BCUT2D eigenvalue weighted by atomic mass is 10.1. The van der Waals surface area contributed by atoms with E-state index in [1.54, 1.807) is 52.9 Å². The standard InChI is InChI=1S/C25H25FN4O3/c1-28(14-18-4-8-21(32-3)9-5-18)24-12-25(31)30(16-23(24)19-13-27-29(2)15-19)20-6-10-22(11-7-20)33-17-26/h4-13,15-16H,14,17H2,1-3H3. The highest BCUT2D eigenvalue weighted by Gasteiger charge is 2.16. The number of hydrogen-bond donors (Lipinski definition) is 0. The fourth-order valence-electron chi connectivity index (χ4n) is 3.68. The summed E-state index contributed by atoms with van der Waals surface area (Å²) in [5.41, 5.74) is 4.10. The number of hydrogen-bond acceptors (Lipinski definition) is 5. The molecule has 0 saturated carbocycles. The Morgan fingerprint density at radius 1 is 1.03 bits per heavy atom. The fourth-order valence-corrected chi connectivity index (χ4v) is 3.68. The normalized spacial score (nSPS) is 10.8. The molecular formula is C25H25FN4O3. The van der Waals surface area contributed by atoms with Crippen LogP contribution in [0.25, 0.3) is 16.8 Å². The number of rotatable bonds is 8. The third kappa shape index (κ3) is 4.90. The Kier molecular flexibility index (Phi) is 6.44. The summed E-state index contributed by atoms with van der Waals surface area (Å²) in [5.74, 6) is 1.20. The number of halogens is 1. The molecule has 2 heterocycles. The summed E-state index contributed by atoms with van der Waals surface area (Å²) in [5, 5.41) is 4.30. The molecule has 0 saturated heterocycles. The maximum absolute atomic E-state index is 13.1. The minimum absolute atomic E-state index is 0.182. The van der Waals surface area contributed by atoms with E-state index in [2.05, 4.69) is 5.10 Å². The predicted octanol–water partition coefficient (Wildman–Crippen LogP) is 4.19. The molecule has 0 aliphatic rings. The van der Waals surface area contributed by atoms with Crippen LogP contribution in [-0.4, -0.2) is 35.4 Å². The van der Waals surface area contributed by atoms with Crippen molar-refractivity contribution in [3.8, 4) is 28.3 Å². The molecule has 0 aliphatic heterocycles. The van der Waals surface area contributed by atoms with Crippen molar-refractivity contribution in [2.75, 3.05) is 25.9 Å². The molecule has 0 bridgehead atoms. The molecule has 0 radical (unpaired) electrons. The lowest BCUT2D eigenvalue weighted by Crippen LogP contribution is -2.23. The summed E-state index contributed by atoms with van der Waals surface area (Å²) in [7, 11) is 5.44. The van der Waals surface area contributed by atoms with Crippen molar-refractivity contribution in [2.45, 2.75) is 6.54 Å². The second-order valence-electron chi connectivity index (χ2n) is 7.63. The number of ether oxygens (including phenoxy) is 2. The van der Waals surface area contributed by atoms with E-state index >= 15 is 0 Å². The van der Waals surface area contributed by atoms with E-state index in [0.717, 1.165) is 28.1 Å². The molecule has 0 aliphatic carbocycles. The number of anilines is 1. The maximum atomic E-state index is 13.1. The van der Waals surface area contributed by atoms with Crippen LogP contribution >= 0.6 is 0 Å². The van der Waals surface area contributed by atoms with Gasteiger partial charge in [0.1, 0.15) is 11.5 Å². The molecule has 7 nitrogen and oxygen atoms in total. The zero-order valence-electron chi connectivity index (χ0n) is 18.7. The molecule has 4 rings (SSSR count). The smallest absolute Gasteiger partial charge is 0.257 e. The van der Waals surface area contributed by atoms with Crippen molar-refractivity contribution in [2.24, 2.45) is 7.05 Å². The number of nitrogens with zero attached hydrogens (tertiary/aromatic N) is 4. The maximum Gasteiger partial charge on any atom is 0.257 e. The number of aromatic nitrogens is 3. The molecule has 2 aromatic carbocycles. The van der Waals surface area contributed by atoms with Crippen LogP contribution in [0.2, 0.25) is 0 Å². The van der Waals surface area contributed by atoms with Crippen LogP contribution in [0.5, 0.6) is 11.5 Å². The number of methoxy groups -OCH3 is 1. The molecular weight excluding hydrogens is 423 g/mol. The van der Waals surface area contributed by atoms with Gasteiger partial charge in [0.2, 0.25) is 6.86 Å². The van der Waals surface area contributed by atoms with Crippen molar-refractivity contribution in [1.82, 2.24) is 14.3 Å². The first kappa shape index (κ1) is 22.1. The highest BCUT2D eigenvalue weighted by atomic mass is 19.1. The number of aryl methyl sites for hydroxylation is 1. The van der Waals surface area contributed by atoms with Crippen LogP contribution in [0.3, 0.4) is 0 Å². The Hall–Kier alpha value is -4.07. The summed E-state index contributed by atoms with van der Waals surface area (Å²) < 4.78 is 25.8. The monoisotopic (exact) mass is 448 g/mol. The van der Waals surface area contributed by atoms with Gasteiger partial charge in [-0.3, -0.25) is 14.0 Å². The second-order valence-corrected chi connectivity index (χ2v) is 7.63. The molecule has 33 heavy (non-hydrogen) atoms. The number of benzene rings is 2. The van der Waals surface area contributed by atoms with Gasteiger partial charge in [-0.2, -0.15) is 5.10 Å². The van der Waals surface area contributed by atoms with Gasteiger partial charge in [0.25, 0.3) is 5.56 Å². The largest absolute Gasteiger partial charge is 0.497 e. The third-order valence-electron chi connectivity index (χ3n) is 5.37. The Morgan fingerprint density at radius 3 is 2.33 bits per heavy atom. The molecule has 170 valence electrons. The first-order valence-electron chi connectivity index (χ1n) is 10.4. The zero-order valence-corrected chi connectivity index (χ0v) is 18.7. The molecule has 0 spiro atoms. The van der Waals surface area contributed by atoms with Gasteiger partial charge in [-0.25, -0.2) is 4.39 Å². The zero-order chi connectivity index (χ0) is 23.4. The minimum Gasteiger partial charge on any atom is -0.497 e. The van der Waals surface area contributed by atoms with Crippen LogP contribution < -0.4 is 19.9 Å². The second kappa shape index (κ2) is 9.60. The quantitative estimate of drug-likeness (QED) is 0.405. The highest BCUT2D eigenvalue weighted by Crippen LogP contribution is 2.30. The van der Waals surface area contributed by atoms with Gasteiger partial charge >= 0.3 is 0 Å². The van der Waals surface area contributed by atoms with Crippen LogP contribution in [0.4, 0.5) is 10.1 Å². The SMILES string of the molecule is COc1ccc(CN(C)c2cc(=O)n(-c3ccc(OCF)cc3)cc2-c2cnn(C)c2)cc1. The summed E-state index contributed by atoms with van der Waals surface area (Å²) in [6.07, 6.45) is 5.49. The molecule has 0 fully saturated rings. The van der Waals surface area contributed by atoms with Gasteiger partial charge in [0.15, 0.2) is 0 Å². The van der Waals surface area contributed by atoms with Gasteiger partial charge < -0.3 is 14.4 Å². The van der Waals surface area contributed by atoms with Gasteiger partial charge in [0.05, 0.1) is 19.0 Å². The molecule has 0 unspecified atom stereocenters. The minimum atomic E-state index is -0.903. The van der Waals surface area contributed by atoms with Crippen LogP contribution in [0.1, 0.15) is 5.56 Å². The number of pyridine rings is 1. The lowest BCUT2D eigenvalue weighted by molar-refractivity contribution is 0.192. The van der Waals surface area contributed by atoms with Gasteiger partial charge in [-0.05, 0) is 42.0 Å². The fraction of sp³-hybridized carbons (Fsp3) is 0.200. The van der Waals surface area contributed by atoms with Gasteiger partial charge in [0, 0.05) is 55.9 Å². The van der Waals surface area contributed by atoms with Crippen LogP contribution in [-0.2, 0) is 13.6 Å². The van der Waals surface area contributed by atoms with E-state index in [0.29, 0.717) is 18.0 Å². The van der Waals surface area contributed by atoms with Crippen LogP contribution in [0.15, 0.2) is 78.0 Å². The average molecular weight is 448 g/mol. The Bertz CT molecular complexity index is 1280. The Morgan fingerprint density at radius 2 is 1.73 bits per heavy atom. The molecule has 0 N–H and O–H groups in total. The van der Waals surface area contributed by atoms with Gasteiger partial charge in [-0.1, -0.05) is 12.1 Å².